The fourth-order valence-electron chi connectivity index (χ4n) is 2.74. The Morgan fingerprint density at radius 2 is 1.71 bits per heavy atom. The van der Waals surface area contributed by atoms with Crippen LogP contribution in [0.4, 0.5) is 0 Å². The van der Waals surface area contributed by atoms with Gasteiger partial charge in [0.2, 0.25) is 0 Å². The van der Waals surface area contributed by atoms with Gasteiger partial charge in [0.15, 0.2) is 0 Å². The van der Waals surface area contributed by atoms with Gasteiger partial charge in [-0.3, -0.25) is 0 Å². The van der Waals surface area contributed by atoms with Crippen LogP contribution < -0.4 is 0 Å². The highest BCUT2D eigenvalue weighted by molar-refractivity contribution is 5.44. The minimum atomic E-state index is -0.0238. The van der Waals surface area contributed by atoms with Crippen LogP contribution in [-0.4, -0.2) is 5.11 Å². The highest BCUT2D eigenvalue weighted by atomic mass is 16.3. The monoisotopic (exact) mass is 233 g/mol. The molecule has 1 rings (SSSR count). The Bertz CT molecular complexity index is 383. The lowest BCUT2D eigenvalue weighted by Gasteiger charge is -2.33. The fraction of sp³-hybridized carbons (Fsp3) is 0.625. The van der Waals surface area contributed by atoms with Crippen LogP contribution in [0.1, 0.15) is 59.1 Å². The quantitative estimate of drug-likeness (QED) is 0.816. The molecule has 95 valence electrons. The van der Waals surface area contributed by atoms with E-state index < -0.39 is 0 Å². The van der Waals surface area contributed by atoms with Crippen molar-refractivity contribution in [3.63, 3.8) is 0 Å². The largest absolute Gasteiger partial charge is 0.507 e. The summed E-state index contributed by atoms with van der Waals surface area (Å²) in [5.41, 5.74) is 2.23. The second-order valence-electron chi connectivity index (χ2n) is 6.72. The maximum absolute atomic E-state index is 10.3. The molecule has 0 spiro atoms. The van der Waals surface area contributed by atoms with Crippen molar-refractivity contribution in [2.45, 2.75) is 59.8 Å². The number of phenols is 1. The van der Waals surface area contributed by atoms with Gasteiger partial charge in [-0.2, -0.15) is 0 Å². The average molecular weight is 233 g/mol. The maximum Gasteiger partial charge on any atom is 0.122 e. The Kier molecular flexibility index (Phi) is 3.91. The summed E-state index contributed by atoms with van der Waals surface area (Å²) in [5, 5.41) is 10.3. The molecular formula is C16H25O. The molecule has 0 unspecified atom stereocenters. The number of hydrogen-bond acceptors (Lipinski definition) is 1. The summed E-state index contributed by atoms with van der Waals surface area (Å²) < 4.78 is 0. The smallest absolute Gasteiger partial charge is 0.122 e. The normalized spacial score (nSPS) is 12.8. The summed E-state index contributed by atoms with van der Waals surface area (Å²) in [6, 6.07) is 6.96. The highest BCUT2D eigenvalue weighted by Crippen LogP contribution is 2.40. The third-order valence-corrected chi connectivity index (χ3v) is 3.13. The first-order valence-electron chi connectivity index (χ1n) is 6.40. The van der Waals surface area contributed by atoms with E-state index in [1.165, 1.54) is 0 Å². The number of phenolic OH excluding ortho intramolecular Hbond substituents is 1. The van der Waals surface area contributed by atoms with Gasteiger partial charge in [0, 0.05) is 5.56 Å². The molecule has 0 saturated carbocycles. The Morgan fingerprint density at radius 3 is 2.18 bits per heavy atom. The zero-order valence-electron chi connectivity index (χ0n) is 12.0. The van der Waals surface area contributed by atoms with Crippen LogP contribution >= 0.6 is 0 Å². The summed E-state index contributed by atoms with van der Waals surface area (Å²) in [5.74, 6) is 0.459. The maximum atomic E-state index is 10.3. The lowest BCUT2D eigenvalue weighted by molar-refractivity contribution is 0.278. The van der Waals surface area contributed by atoms with E-state index in [-0.39, 0.29) is 10.8 Å². The van der Waals surface area contributed by atoms with Crippen molar-refractivity contribution < 1.29 is 5.11 Å². The van der Waals surface area contributed by atoms with E-state index in [0.29, 0.717) is 5.75 Å². The Labute approximate surface area is 106 Å². The first kappa shape index (κ1) is 14.1. The Balaban J connectivity index is 3.15. The molecule has 1 N–H and O–H groups in total. The van der Waals surface area contributed by atoms with Crippen LogP contribution in [0.25, 0.3) is 0 Å². The topological polar surface area (TPSA) is 20.2 Å². The Morgan fingerprint density at radius 1 is 1.12 bits per heavy atom. The second kappa shape index (κ2) is 4.72. The summed E-state index contributed by atoms with van der Waals surface area (Å²) >= 11 is 0. The van der Waals surface area contributed by atoms with E-state index in [4.69, 9.17) is 0 Å². The van der Waals surface area contributed by atoms with Crippen molar-refractivity contribution >= 4 is 0 Å². The molecular weight excluding hydrogens is 208 g/mol. The van der Waals surface area contributed by atoms with Gasteiger partial charge in [0.1, 0.15) is 5.75 Å². The van der Waals surface area contributed by atoms with E-state index >= 15 is 0 Å². The van der Waals surface area contributed by atoms with Crippen molar-refractivity contribution in [2.75, 3.05) is 0 Å². The molecule has 0 heterocycles. The van der Waals surface area contributed by atoms with Crippen molar-refractivity contribution in [2.24, 2.45) is 5.41 Å². The number of hydrogen-bond donors (Lipinski definition) is 1. The fourth-order valence-corrected chi connectivity index (χ4v) is 2.74. The summed E-state index contributed by atoms with van der Waals surface area (Å²) in [7, 11) is 0. The standard InChI is InChI=1S/C16H25O/c1-7-12-9-8-10-13(14(12)17)16(5,6)11-15(2,3)4/h9-10,17H,7,11H2,1-6H3. The van der Waals surface area contributed by atoms with E-state index in [1.807, 2.05) is 12.1 Å². The van der Waals surface area contributed by atoms with Crippen LogP contribution in [0, 0.1) is 11.5 Å². The number of aromatic hydroxyl groups is 1. The molecule has 17 heavy (non-hydrogen) atoms. The molecule has 0 bridgehead atoms. The van der Waals surface area contributed by atoms with Gasteiger partial charge in [0.25, 0.3) is 0 Å². The molecule has 0 amide bonds. The van der Waals surface area contributed by atoms with E-state index in [2.05, 4.69) is 47.6 Å². The molecule has 0 aromatic heterocycles. The lowest BCUT2D eigenvalue weighted by atomic mass is 9.71. The van der Waals surface area contributed by atoms with Crippen LogP contribution in [-0.2, 0) is 11.8 Å². The molecule has 1 nitrogen and oxygen atoms in total. The van der Waals surface area contributed by atoms with Crippen molar-refractivity contribution in [1.82, 2.24) is 0 Å². The molecule has 1 radical (unpaired) electrons. The number of aryl methyl sites for hydroxylation is 1. The van der Waals surface area contributed by atoms with Crippen molar-refractivity contribution in [1.29, 1.82) is 0 Å². The molecule has 0 saturated heterocycles. The minimum absolute atomic E-state index is 0.0238. The predicted molar refractivity (Wildman–Crippen MR) is 73.4 cm³/mol. The van der Waals surface area contributed by atoms with Crippen molar-refractivity contribution in [3.8, 4) is 5.75 Å². The van der Waals surface area contributed by atoms with Gasteiger partial charge < -0.3 is 5.11 Å². The van der Waals surface area contributed by atoms with Gasteiger partial charge in [-0.05, 0) is 47.4 Å². The molecule has 1 aromatic rings. The highest BCUT2D eigenvalue weighted by Gasteiger charge is 2.29. The zero-order chi connectivity index (χ0) is 13.3. The van der Waals surface area contributed by atoms with Crippen LogP contribution in [0.15, 0.2) is 12.1 Å². The SMILES string of the molecule is CCc1c[c]cc(C(C)(C)CC(C)(C)C)c1O. The van der Waals surface area contributed by atoms with Gasteiger partial charge in [-0.1, -0.05) is 41.5 Å². The minimum Gasteiger partial charge on any atom is -0.507 e. The van der Waals surface area contributed by atoms with E-state index in [0.717, 1.165) is 24.0 Å². The molecule has 0 aliphatic rings. The van der Waals surface area contributed by atoms with Gasteiger partial charge in [0.05, 0.1) is 0 Å². The zero-order valence-corrected chi connectivity index (χ0v) is 12.0. The van der Waals surface area contributed by atoms with Crippen LogP contribution in [0.2, 0.25) is 0 Å². The predicted octanol–water partition coefficient (Wildman–Crippen LogP) is 4.47. The molecule has 0 fully saturated rings. The van der Waals surface area contributed by atoms with Crippen LogP contribution in [0.3, 0.4) is 0 Å². The van der Waals surface area contributed by atoms with Gasteiger partial charge >= 0.3 is 0 Å². The third kappa shape index (κ3) is 3.49. The summed E-state index contributed by atoms with van der Waals surface area (Å²) in [6.07, 6.45) is 1.89. The molecule has 0 aliphatic carbocycles. The second-order valence-corrected chi connectivity index (χ2v) is 6.72. The van der Waals surface area contributed by atoms with Crippen molar-refractivity contribution in [3.05, 3.63) is 29.3 Å². The number of benzene rings is 1. The molecule has 0 aliphatic heterocycles. The average Bonchev–Trinajstić information content (AvgIpc) is 2.14. The van der Waals surface area contributed by atoms with E-state index in [9.17, 15) is 5.11 Å². The molecule has 0 atom stereocenters. The Hall–Kier alpha value is -0.980. The number of rotatable bonds is 3. The third-order valence-electron chi connectivity index (χ3n) is 3.13. The van der Waals surface area contributed by atoms with E-state index in [1.54, 1.807) is 0 Å². The summed E-state index contributed by atoms with van der Waals surface area (Å²) in [4.78, 5) is 0. The molecule has 1 heteroatoms. The first-order chi connectivity index (χ1) is 7.67. The van der Waals surface area contributed by atoms with Gasteiger partial charge in [-0.15, -0.1) is 0 Å². The van der Waals surface area contributed by atoms with Crippen LogP contribution in [0.5, 0.6) is 5.75 Å². The molecule has 1 aromatic carbocycles. The van der Waals surface area contributed by atoms with Gasteiger partial charge in [-0.25, -0.2) is 0 Å². The lowest BCUT2D eigenvalue weighted by Crippen LogP contribution is -2.25. The summed E-state index contributed by atoms with van der Waals surface area (Å²) in [6.45, 7) is 13.2. The first-order valence-corrected chi connectivity index (χ1v) is 6.40.